The molecule has 1 aliphatic heterocycles. The summed E-state index contributed by atoms with van der Waals surface area (Å²) in [5.41, 5.74) is 0.594. The molecule has 4 rings (SSSR count). The Balaban J connectivity index is 1.56. The van der Waals surface area contributed by atoms with E-state index in [0.29, 0.717) is 43.9 Å². The zero-order valence-electron chi connectivity index (χ0n) is 14.1. The SMILES string of the molecule is Cc1nccc(C2CN(C(=O)C3(c4ccccc4F)CC3)CCO2)n1. The van der Waals surface area contributed by atoms with Gasteiger partial charge in [0.1, 0.15) is 17.7 Å². The van der Waals surface area contributed by atoms with Gasteiger partial charge in [0.05, 0.1) is 24.3 Å². The van der Waals surface area contributed by atoms with Crippen molar-refractivity contribution in [3.05, 3.63) is 59.4 Å². The van der Waals surface area contributed by atoms with Crippen LogP contribution < -0.4 is 0 Å². The topological polar surface area (TPSA) is 55.3 Å². The quantitative estimate of drug-likeness (QED) is 0.861. The lowest BCUT2D eigenvalue weighted by Crippen LogP contribution is -2.47. The van der Waals surface area contributed by atoms with Crippen LogP contribution in [-0.4, -0.2) is 40.5 Å². The van der Waals surface area contributed by atoms with E-state index < -0.39 is 5.41 Å². The average Bonchev–Trinajstić information content (AvgIpc) is 3.43. The van der Waals surface area contributed by atoms with Gasteiger partial charge in [0.2, 0.25) is 5.91 Å². The molecule has 130 valence electrons. The van der Waals surface area contributed by atoms with Crippen LogP contribution in [0.1, 0.15) is 36.0 Å². The summed E-state index contributed by atoms with van der Waals surface area (Å²) in [6.45, 7) is 3.24. The molecule has 5 nitrogen and oxygen atoms in total. The zero-order valence-corrected chi connectivity index (χ0v) is 14.1. The molecule has 1 unspecified atom stereocenters. The van der Waals surface area contributed by atoms with E-state index >= 15 is 0 Å². The van der Waals surface area contributed by atoms with Crippen LogP contribution in [0.5, 0.6) is 0 Å². The number of nitrogens with zero attached hydrogens (tertiary/aromatic N) is 3. The Morgan fingerprint density at radius 3 is 2.84 bits per heavy atom. The van der Waals surface area contributed by atoms with Crippen LogP contribution in [0.3, 0.4) is 0 Å². The standard InChI is InChI=1S/C19H20FN3O2/c1-13-21-9-6-16(22-13)17-12-23(10-11-25-17)18(24)19(7-8-19)14-4-2-3-5-15(14)20/h2-6,9,17H,7-8,10-12H2,1H3. The smallest absolute Gasteiger partial charge is 0.233 e. The maximum atomic E-state index is 14.2. The van der Waals surface area contributed by atoms with Crippen LogP contribution in [0, 0.1) is 12.7 Å². The fourth-order valence-electron chi connectivity index (χ4n) is 3.54. The van der Waals surface area contributed by atoms with E-state index in [-0.39, 0.29) is 17.8 Å². The zero-order chi connectivity index (χ0) is 17.4. The summed E-state index contributed by atoms with van der Waals surface area (Å²) in [7, 11) is 0. The maximum absolute atomic E-state index is 14.2. The molecule has 0 radical (unpaired) electrons. The molecular formula is C19H20FN3O2. The van der Waals surface area contributed by atoms with Crippen molar-refractivity contribution in [2.24, 2.45) is 0 Å². The highest BCUT2D eigenvalue weighted by Crippen LogP contribution is 2.50. The Kier molecular flexibility index (Phi) is 4.00. The first-order valence-electron chi connectivity index (χ1n) is 8.56. The molecule has 0 bridgehead atoms. The molecule has 1 aliphatic carbocycles. The van der Waals surface area contributed by atoms with Gasteiger partial charge in [-0.05, 0) is 31.9 Å². The first kappa shape index (κ1) is 16.1. The minimum absolute atomic E-state index is 0.00308. The van der Waals surface area contributed by atoms with Crippen molar-refractivity contribution in [2.75, 3.05) is 19.7 Å². The molecule has 1 saturated carbocycles. The lowest BCUT2D eigenvalue weighted by Gasteiger charge is -2.35. The molecule has 1 atom stereocenters. The lowest BCUT2D eigenvalue weighted by molar-refractivity contribution is -0.142. The van der Waals surface area contributed by atoms with Crippen molar-refractivity contribution >= 4 is 5.91 Å². The number of hydrogen-bond donors (Lipinski definition) is 0. The van der Waals surface area contributed by atoms with Crippen LogP contribution in [0.25, 0.3) is 0 Å². The van der Waals surface area contributed by atoms with Crippen LogP contribution in [0.15, 0.2) is 36.5 Å². The number of ether oxygens (including phenoxy) is 1. The highest BCUT2D eigenvalue weighted by atomic mass is 19.1. The van der Waals surface area contributed by atoms with Gasteiger partial charge in [-0.1, -0.05) is 18.2 Å². The summed E-state index contributed by atoms with van der Waals surface area (Å²) < 4.78 is 20.0. The monoisotopic (exact) mass is 341 g/mol. The molecule has 0 spiro atoms. The molecule has 1 aromatic heterocycles. The van der Waals surface area contributed by atoms with Crippen molar-refractivity contribution in [2.45, 2.75) is 31.3 Å². The van der Waals surface area contributed by atoms with Crippen LogP contribution >= 0.6 is 0 Å². The van der Waals surface area contributed by atoms with Gasteiger partial charge in [0.15, 0.2) is 0 Å². The van der Waals surface area contributed by atoms with Crippen molar-refractivity contribution in [3.63, 3.8) is 0 Å². The third kappa shape index (κ3) is 2.91. The molecule has 1 saturated heterocycles. The van der Waals surface area contributed by atoms with Crippen molar-refractivity contribution < 1.29 is 13.9 Å². The number of benzene rings is 1. The van der Waals surface area contributed by atoms with Crippen molar-refractivity contribution in [3.8, 4) is 0 Å². The summed E-state index contributed by atoms with van der Waals surface area (Å²) in [5.74, 6) is 0.371. The maximum Gasteiger partial charge on any atom is 0.233 e. The van der Waals surface area contributed by atoms with Crippen LogP contribution in [-0.2, 0) is 14.9 Å². The number of hydrogen-bond acceptors (Lipinski definition) is 4. The average molecular weight is 341 g/mol. The summed E-state index contributed by atoms with van der Waals surface area (Å²) in [6, 6.07) is 8.41. The second kappa shape index (κ2) is 6.19. The van der Waals surface area contributed by atoms with Crippen molar-refractivity contribution in [1.29, 1.82) is 0 Å². The second-order valence-electron chi connectivity index (χ2n) is 6.70. The Morgan fingerprint density at radius 1 is 1.32 bits per heavy atom. The van der Waals surface area contributed by atoms with Gasteiger partial charge in [-0.2, -0.15) is 0 Å². The highest BCUT2D eigenvalue weighted by Gasteiger charge is 2.54. The Morgan fingerprint density at radius 2 is 2.12 bits per heavy atom. The molecule has 25 heavy (non-hydrogen) atoms. The number of aromatic nitrogens is 2. The van der Waals surface area contributed by atoms with Crippen LogP contribution in [0.2, 0.25) is 0 Å². The molecule has 1 aromatic carbocycles. The molecular weight excluding hydrogens is 321 g/mol. The van der Waals surface area contributed by atoms with E-state index in [4.69, 9.17) is 4.74 Å². The predicted molar refractivity (Wildman–Crippen MR) is 89.4 cm³/mol. The fraction of sp³-hybridized carbons (Fsp3) is 0.421. The number of halogens is 1. The van der Waals surface area contributed by atoms with Gasteiger partial charge in [-0.15, -0.1) is 0 Å². The molecule has 2 aromatic rings. The number of amides is 1. The number of rotatable bonds is 3. The van der Waals surface area contributed by atoms with Gasteiger partial charge in [-0.25, -0.2) is 14.4 Å². The summed E-state index contributed by atoms with van der Waals surface area (Å²) in [4.78, 5) is 23.5. The number of carbonyl (C=O) groups excluding carboxylic acids is 1. The first-order chi connectivity index (χ1) is 12.1. The van der Waals surface area contributed by atoms with E-state index in [1.165, 1.54) is 6.07 Å². The Bertz CT molecular complexity index is 807. The number of carbonyl (C=O) groups is 1. The minimum atomic E-state index is -0.700. The van der Waals surface area contributed by atoms with E-state index in [9.17, 15) is 9.18 Å². The van der Waals surface area contributed by atoms with Gasteiger partial charge < -0.3 is 9.64 Å². The number of aryl methyl sites for hydroxylation is 1. The Labute approximate surface area is 145 Å². The highest BCUT2D eigenvalue weighted by molar-refractivity contribution is 5.91. The molecule has 0 N–H and O–H groups in total. The molecule has 1 amide bonds. The summed E-state index contributed by atoms with van der Waals surface area (Å²) >= 11 is 0. The van der Waals surface area contributed by atoms with Gasteiger partial charge >= 0.3 is 0 Å². The van der Waals surface area contributed by atoms with Gasteiger partial charge in [-0.3, -0.25) is 4.79 Å². The fourth-order valence-corrected chi connectivity index (χ4v) is 3.54. The minimum Gasteiger partial charge on any atom is -0.368 e. The van der Waals surface area contributed by atoms with Gasteiger partial charge in [0, 0.05) is 18.3 Å². The predicted octanol–water partition coefficient (Wildman–Crippen LogP) is 2.56. The van der Waals surface area contributed by atoms with E-state index in [2.05, 4.69) is 9.97 Å². The lowest BCUT2D eigenvalue weighted by atomic mass is 9.93. The van der Waals surface area contributed by atoms with Gasteiger partial charge in [0.25, 0.3) is 0 Å². The molecule has 2 fully saturated rings. The van der Waals surface area contributed by atoms with E-state index in [1.54, 1.807) is 29.3 Å². The van der Waals surface area contributed by atoms with Crippen molar-refractivity contribution in [1.82, 2.24) is 14.9 Å². The largest absolute Gasteiger partial charge is 0.368 e. The van der Waals surface area contributed by atoms with E-state index in [1.807, 2.05) is 13.0 Å². The normalized spacial score (nSPS) is 21.8. The third-order valence-electron chi connectivity index (χ3n) is 5.03. The third-order valence-corrected chi connectivity index (χ3v) is 5.03. The van der Waals surface area contributed by atoms with E-state index in [0.717, 1.165) is 5.69 Å². The second-order valence-corrected chi connectivity index (χ2v) is 6.70. The summed E-state index contributed by atoms with van der Waals surface area (Å²) in [6.07, 6.45) is 2.82. The summed E-state index contributed by atoms with van der Waals surface area (Å²) in [5, 5.41) is 0. The Hall–Kier alpha value is -2.34. The van der Waals surface area contributed by atoms with Crippen LogP contribution in [0.4, 0.5) is 4.39 Å². The molecule has 2 heterocycles. The molecule has 6 heteroatoms. The number of morpholine rings is 1. The first-order valence-corrected chi connectivity index (χ1v) is 8.56. The molecule has 2 aliphatic rings.